The average molecular weight is 281 g/mol. The van der Waals surface area contributed by atoms with Crippen LogP contribution >= 0.6 is 0 Å². The summed E-state index contributed by atoms with van der Waals surface area (Å²) in [5, 5.41) is 9.17. The Morgan fingerprint density at radius 2 is 2.42 bits per heavy atom. The molecule has 2 fully saturated rings. The Morgan fingerprint density at radius 3 is 3.08 bits per heavy atom. The third-order valence-electron chi connectivity index (χ3n) is 3.21. The summed E-state index contributed by atoms with van der Waals surface area (Å²) in [4.78, 5) is 11.2. The summed E-state index contributed by atoms with van der Waals surface area (Å²) in [7, 11) is 0. The van der Waals surface area contributed by atoms with Crippen molar-refractivity contribution in [2.75, 3.05) is 6.61 Å². The molecule has 1 saturated heterocycles. The van der Waals surface area contributed by atoms with Crippen molar-refractivity contribution in [3.63, 3.8) is 0 Å². The zero-order valence-corrected chi connectivity index (χ0v) is 9.32. The van der Waals surface area contributed by atoms with Crippen LogP contribution in [0.15, 0.2) is 0 Å². The van der Waals surface area contributed by atoms with Crippen molar-refractivity contribution in [3.8, 4) is 0 Å². The molecular weight excluding hydrogens is 267 g/mol. The minimum atomic E-state index is -0.175. The van der Waals surface area contributed by atoms with Gasteiger partial charge in [-0.2, -0.15) is 0 Å². The molecule has 0 aromatic rings. The van der Waals surface area contributed by atoms with Gasteiger partial charge >= 0.3 is 82.9 Å². The van der Waals surface area contributed by atoms with Crippen molar-refractivity contribution < 1.29 is 31.1 Å². The second-order valence-corrected chi connectivity index (χ2v) is 7.33. The predicted molar refractivity (Wildman–Crippen MR) is 41.3 cm³/mol. The maximum absolute atomic E-state index is 11.2. The van der Waals surface area contributed by atoms with Gasteiger partial charge in [0, 0.05) is 0 Å². The number of carbonyl (C=O) groups is 1. The quantitative estimate of drug-likeness (QED) is 0.332. The van der Waals surface area contributed by atoms with Crippen LogP contribution in [0.5, 0.6) is 0 Å². The molecule has 4 unspecified atom stereocenters. The molecule has 2 rings (SSSR count). The van der Waals surface area contributed by atoms with Gasteiger partial charge in [0.1, 0.15) is 0 Å². The second kappa shape index (κ2) is 3.25. The van der Waals surface area contributed by atoms with Crippen LogP contribution < -0.4 is 21.2 Å². The van der Waals surface area contributed by atoms with E-state index in [2.05, 4.69) is 6.92 Å². The van der Waals surface area contributed by atoms with E-state index < -0.39 is 0 Å². The fourth-order valence-electron chi connectivity index (χ4n) is 2.50. The fraction of sp³-hybridized carbons (Fsp3) is 0.889. The molecule has 2 nitrogen and oxygen atoms in total. The fourth-order valence-corrected chi connectivity index (χ4v) is 6.46. The second-order valence-electron chi connectivity index (χ2n) is 3.91. The van der Waals surface area contributed by atoms with E-state index in [1.807, 2.05) is 0 Å². The van der Waals surface area contributed by atoms with Crippen molar-refractivity contribution >= 4 is 3.79 Å². The number of hydrogen-bond donors (Lipinski definition) is 1. The standard InChI is InChI=1S/C9H14IO2/c1-5-2-8-6(7(5)4-11)3-9(12)10-8/h5-8,11H,2-4H2,1H3/q-1. The Hall–Kier alpha value is 0.360. The predicted octanol–water partition coefficient (Wildman–Crippen LogP) is -2.36. The summed E-state index contributed by atoms with van der Waals surface area (Å²) >= 11 is -0.175. The zero-order valence-electron chi connectivity index (χ0n) is 7.16. The summed E-state index contributed by atoms with van der Waals surface area (Å²) in [6.45, 7) is 2.51. The van der Waals surface area contributed by atoms with Crippen LogP contribution in [0, 0.1) is 17.8 Å². The summed E-state index contributed by atoms with van der Waals surface area (Å²) in [5.41, 5.74) is 0. The number of hydrogen-bond acceptors (Lipinski definition) is 2. The van der Waals surface area contributed by atoms with Crippen LogP contribution in [0.1, 0.15) is 19.8 Å². The van der Waals surface area contributed by atoms with E-state index in [1.165, 1.54) is 6.42 Å². The van der Waals surface area contributed by atoms with Crippen LogP contribution in [0.3, 0.4) is 0 Å². The van der Waals surface area contributed by atoms with E-state index in [4.69, 9.17) is 0 Å². The van der Waals surface area contributed by atoms with E-state index in [1.54, 1.807) is 0 Å². The number of carbonyl (C=O) groups excluding carboxylic acids is 1. The molecule has 1 heterocycles. The molecule has 0 bridgehead atoms. The summed E-state index contributed by atoms with van der Waals surface area (Å²) in [6.07, 6.45) is 1.99. The van der Waals surface area contributed by atoms with Gasteiger partial charge in [-0.25, -0.2) is 0 Å². The Morgan fingerprint density at radius 1 is 1.67 bits per heavy atom. The first kappa shape index (κ1) is 8.94. The van der Waals surface area contributed by atoms with Crippen LogP contribution in [-0.4, -0.2) is 19.4 Å². The third-order valence-corrected chi connectivity index (χ3v) is 6.58. The Bertz CT molecular complexity index is 205. The van der Waals surface area contributed by atoms with Gasteiger partial charge in [-0.1, -0.05) is 0 Å². The first-order chi connectivity index (χ1) is 5.72. The summed E-state index contributed by atoms with van der Waals surface area (Å²) < 4.78 is 1.23. The first-order valence-electron chi connectivity index (χ1n) is 4.49. The van der Waals surface area contributed by atoms with Crippen LogP contribution in [-0.2, 0) is 4.79 Å². The van der Waals surface area contributed by atoms with Crippen molar-refractivity contribution in [3.05, 3.63) is 0 Å². The van der Waals surface area contributed by atoms with Gasteiger partial charge < -0.3 is 0 Å². The van der Waals surface area contributed by atoms with Gasteiger partial charge in [0.05, 0.1) is 0 Å². The van der Waals surface area contributed by atoms with Gasteiger partial charge in [0.2, 0.25) is 0 Å². The van der Waals surface area contributed by atoms with E-state index >= 15 is 0 Å². The minimum absolute atomic E-state index is 0.175. The van der Waals surface area contributed by atoms with Crippen molar-refractivity contribution in [2.45, 2.75) is 23.7 Å². The Labute approximate surface area is 83.0 Å². The number of alkyl halides is 1. The molecule has 0 radical (unpaired) electrons. The van der Waals surface area contributed by atoms with E-state index in [9.17, 15) is 9.90 Å². The summed E-state index contributed by atoms with van der Waals surface area (Å²) in [5.74, 6) is 1.64. The molecular formula is C9H14IO2-. The van der Waals surface area contributed by atoms with Crippen molar-refractivity contribution in [1.82, 2.24) is 0 Å². The maximum atomic E-state index is 11.2. The number of rotatable bonds is 1. The molecule has 1 aliphatic carbocycles. The van der Waals surface area contributed by atoms with E-state index in [0.717, 1.165) is 6.42 Å². The Balaban J connectivity index is 2.11. The monoisotopic (exact) mass is 281 g/mol. The third kappa shape index (κ3) is 1.31. The number of aliphatic hydroxyl groups excluding tert-OH is 1. The van der Waals surface area contributed by atoms with Crippen LogP contribution in [0.2, 0.25) is 0 Å². The molecule has 0 aromatic heterocycles. The topological polar surface area (TPSA) is 37.3 Å². The van der Waals surface area contributed by atoms with Gasteiger partial charge in [0.15, 0.2) is 0 Å². The molecule has 0 aromatic carbocycles. The van der Waals surface area contributed by atoms with Crippen LogP contribution in [0.25, 0.3) is 0 Å². The normalized spacial score (nSPS) is 47.3. The molecule has 0 spiro atoms. The molecule has 12 heavy (non-hydrogen) atoms. The summed E-state index contributed by atoms with van der Waals surface area (Å²) in [6, 6.07) is 0. The first-order valence-corrected chi connectivity index (χ1v) is 6.82. The number of halogens is 1. The van der Waals surface area contributed by atoms with Gasteiger partial charge in [-0.3, -0.25) is 0 Å². The van der Waals surface area contributed by atoms with Gasteiger partial charge in [0.25, 0.3) is 0 Å². The number of aliphatic hydroxyl groups is 1. The van der Waals surface area contributed by atoms with Crippen molar-refractivity contribution in [1.29, 1.82) is 0 Å². The average Bonchev–Trinajstić information content (AvgIpc) is 2.43. The molecule has 70 valence electrons. The molecule has 1 aliphatic heterocycles. The molecule has 1 N–H and O–H groups in total. The zero-order chi connectivity index (χ0) is 8.72. The van der Waals surface area contributed by atoms with E-state index in [-0.39, 0.29) is 21.2 Å². The number of fused-ring (bicyclic) bond motifs is 1. The molecule has 2 aliphatic rings. The molecule has 1 saturated carbocycles. The van der Waals surface area contributed by atoms with Crippen LogP contribution in [0.4, 0.5) is 0 Å². The molecule has 0 amide bonds. The Kier molecular flexibility index (Phi) is 2.42. The molecule has 4 atom stereocenters. The molecule has 3 heteroatoms. The SMILES string of the molecule is CC1CC2[I-]C(=O)CC2C1CO. The van der Waals surface area contributed by atoms with Gasteiger partial charge in [-0.15, -0.1) is 0 Å². The van der Waals surface area contributed by atoms with Crippen molar-refractivity contribution in [2.24, 2.45) is 17.8 Å². The van der Waals surface area contributed by atoms with Gasteiger partial charge in [-0.05, 0) is 0 Å². The van der Waals surface area contributed by atoms with E-state index in [0.29, 0.717) is 32.1 Å².